The molecule has 2 N–H and O–H groups in total. The van der Waals surface area contributed by atoms with E-state index in [-0.39, 0.29) is 12.4 Å². The zero-order chi connectivity index (χ0) is 13.1. The van der Waals surface area contributed by atoms with Gasteiger partial charge in [-0.25, -0.2) is 0 Å². The van der Waals surface area contributed by atoms with Crippen molar-refractivity contribution in [1.82, 2.24) is 0 Å². The molecule has 0 unspecified atom stereocenters. The number of halogens is 1. The van der Waals surface area contributed by atoms with E-state index in [0.29, 0.717) is 5.75 Å². The van der Waals surface area contributed by atoms with Crippen LogP contribution in [0, 0.1) is 5.92 Å². The predicted molar refractivity (Wildman–Crippen MR) is 87.1 cm³/mol. The Hall–Kier alpha value is -0.890. The molecule has 0 radical (unpaired) electrons. The summed E-state index contributed by atoms with van der Waals surface area (Å²) in [4.78, 5) is 0. The second-order valence-electron chi connectivity index (χ2n) is 6.19. The summed E-state index contributed by atoms with van der Waals surface area (Å²) >= 11 is 0. The van der Waals surface area contributed by atoms with E-state index < -0.39 is 0 Å². The first-order valence-electron chi connectivity index (χ1n) is 7.92. The van der Waals surface area contributed by atoms with E-state index in [2.05, 4.69) is 11.4 Å². The van der Waals surface area contributed by atoms with E-state index in [0.717, 1.165) is 24.6 Å². The molecule has 3 heteroatoms. The molecule has 0 spiro atoms. The topological polar surface area (TPSA) is 32.3 Å². The Balaban J connectivity index is 0.00000147. The van der Waals surface area contributed by atoms with Crippen LogP contribution in [0.15, 0.2) is 12.1 Å². The van der Waals surface area contributed by atoms with Crippen LogP contribution in [0.3, 0.4) is 0 Å². The van der Waals surface area contributed by atoms with Crippen LogP contribution in [-0.4, -0.2) is 11.7 Å². The molecule has 0 atom stereocenters. The highest BCUT2D eigenvalue weighted by Gasteiger charge is 2.18. The molecule has 1 saturated carbocycles. The average Bonchev–Trinajstić information content (AvgIpc) is 2.47. The van der Waals surface area contributed by atoms with E-state index in [9.17, 15) is 5.11 Å². The summed E-state index contributed by atoms with van der Waals surface area (Å²) in [7, 11) is 0. The second-order valence-corrected chi connectivity index (χ2v) is 6.19. The highest BCUT2D eigenvalue weighted by atomic mass is 35.5. The summed E-state index contributed by atoms with van der Waals surface area (Å²) in [6.45, 7) is 1.03. The number of rotatable bonds is 3. The lowest BCUT2D eigenvalue weighted by Gasteiger charge is -2.25. The van der Waals surface area contributed by atoms with E-state index in [1.807, 2.05) is 6.07 Å². The maximum absolute atomic E-state index is 10.1. The number of phenols is 1. The first-order valence-corrected chi connectivity index (χ1v) is 7.92. The minimum atomic E-state index is 0. The lowest BCUT2D eigenvalue weighted by Crippen LogP contribution is -2.18. The molecule has 2 aliphatic carbocycles. The molecular formula is C17H26ClNO. The molecule has 1 fully saturated rings. The zero-order valence-electron chi connectivity index (χ0n) is 12.2. The van der Waals surface area contributed by atoms with Crippen LogP contribution in [0.2, 0.25) is 0 Å². The molecule has 3 rings (SSSR count). The van der Waals surface area contributed by atoms with Crippen molar-refractivity contribution in [3.8, 4) is 5.75 Å². The van der Waals surface area contributed by atoms with Crippen LogP contribution in [0.1, 0.15) is 56.1 Å². The van der Waals surface area contributed by atoms with Gasteiger partial charge >= 0.3 is 0 Å². The van der Waals surface area contributed by atoms with Gasteiger partial charge in [-0.15, -0.1) is 12.4 Å². The van der Waals surface area contributed by atoms with Gasteiger partial charge in [-0.1, -0.05) is 25.3 Å². The number of phenolic OH excluding ortho intramolecular Hbond substituents is 1. The molecule has 1 aromatic rings. The first-order chi connectivity index (χ1) is 9.34. The Bertz CT molecular complexity index is 441. The molecule has 0 aliphatic heterocycles. The van der Waals surface area contributed by atoms with Crippen LogP contribution in [0.25, 0.3) is 0 Å². The molecule has 1 aromatic carbocycles. The summed E-state index contributed by atoms with van der Waals surface area (Å²) in [5, 5.41) is 13.7. The van der Waals surface area contributed by atoms with E-state index >= 15 is 0 Å². The van der Waals surface area contributed by atoms with Gasteiger partial charge in [-0.3, -0.25) is 0 Å². The Kier molecular flexibility index (Phi) is 5.59. The highest BCUT2D eigenvalue weighted by Crippen LogP contribution is 2.35. The van der Waals surface area contributed by atoms with Gasteiger partial charge in [0.15, 0.2) is 0 Å². The summed E-state index contributed by atoms with van der Waals surface area (Å²) in [5.41, 5.74) is 3.85. The van der Waals surface area contributed by atoms with Crippen molar-refractivity contribution in [1.29, 1.82) is 0 Å². The SMILES string of the molecule is Cl.Oc1ccc2c(c1NCC1CCCCC1)CCCC2. The maximum Gasteiger partial charge on any atom is 0.138 e. The van der Waals surface area contributed by atoms with Crippen molar-refractivity contribution < 1.29 is 5.11 Å². The molecule has 0 aromatic heterocycles. The maximum atomic E-state index is 10.1. The number of fused-ring (bicyclic) bond motifs is 1. The Morgan fingerprint density at radius 2 is 1.75 bits per heavy atom. The fourth-order valence-corrected chi connectivity index (χ4v) is 3.65. The number of anilines is 1. The standard InChI is InChI=1S/C17H25NO.ClH/c19-16-11-10-14-8-4-5-9-15(14)17(16)18-12-13-6-2-1-3-7-13;/h10-11,13,18-19H,1-9,12H2;1H. The van der Waals surface area contributed by atoms with Crippen molar-refractivity contribution in [2.45, 2.75) is 57.8 Å². The fraction of sp³-hybridized carbons (Fsp3) is 0.647. The van der Waals surface area contributed by atoms with Crippen LogP contribution < -0.4 is 5.32 Å². The highest BCUT2D eigenvalue weighted by molar-refractivity contribution is 5.85. The van der Waals surface area contributed by atoms with Crippen LogP contribution >= 0.6 is 12.4 Å². The van der Waals surface area contributed by atoms with Crippen molar-refractivity contribution >= 4 is 18.1 Å². The summed E-state index contributed by atoms with van der Waals surface area (Å²) in [6, 6.07) is 3.98. The van der Waals surface area contributed by atoms with Gasteiger partial charge in [0, 0.05) is 6.54 Å². The van der Waals surface area contributed by atoms with Crippen molar-refractivity contribution in [2.75, 3.05) is 11.9 Å². The Morgan fingerprint density at radius 3 is 2.55 bits per heavy atom. The van der Waals surface area contributed by atoms with Crippen LogP contribution in [0.4, 0.5) is 5.69 Å². The average molecular weight is 296 g/mol. The quantitative estimate of drug-likeness (QED) is 0.793. The van der Waals surface area contributed by atoms with E-state index in [4.69, 9.17) is 0 Å². The predicted octanol–water partition coefficient (Wildman–Crippen LogP) is 4.69. The van der Waals surface area contributed by atoms with E-state index in [1.165, 1.54) is 62.5 Å². The molecular weight excluding hydrogens is 270 g/mol. The number of benzene rings is 1. The number of aryl methyl sites for hydroxylation is 1. The second kappa shape index (κ2) is 7.21. The third-order valence-electron chi connectivity index (χ3n) is 4.80. The first kappa shape index (κ1) is 15.5. The van der Waals surface area contributed by atoms with Gasteiger partial charge < -0.3 is 10.4 Å². The van der Waals surface area contributed by atoms with Crippen LogP contribution in [0.5, 0.6) is 5.75 Å². The van der Waals surface area contributed by atoms with Gasteiger partial charge in [0.1, 0.15) is 5.75 Å². The lowest BCUT2D eigenvalue weighted by molar-refractivity contribution is 0.373. The Morgan fingerprint density at radius 1 is 1.00 bits per heavy atom. The van der Waals surface area contributed by atoms with Gasteiger partial charge in [0.2, 0.25) is 0 Å². The monoisotopic (exact) mass is 295 g/mol. The van der Waals surface area contributed by atoms with Gasteiger partial charge in [-0.05, 0) is 61.6 Å². The van der Waals surface area contributed by atoms with Gasteiger partial charge in [-0.2, -0.15) is 0 Å². The van der Waals surface area contributed by atoms with Gasteiger partial charge in [0.05, 0.1) is 5.69 Å². The minimum absolute atomic E-state index is 0. The molecule has 0 bridgehead atoms. The number of hydrogen-bond donors (Lipinski definition) is 2. The number of nitrogens with one attached hydrogen (secondary N) is 1. The van der Waals surface area contributed by atoms with Crippen molar-refractivity contribution in [3.63, 3.8) is 0 Å². The van der Waals surface area contributed by atoms with Crippen LogP contribution in [-0.2, 0) is 12.8 Å². The third-order valence-corrected chi connectivity index (χ3v) is 4.80. The smallest absolute Gasteiger partial charge is 0.138 e. The summed E-state index contributed by atoms with van der Waals surface area (Å²) in [6.07, 6.45) is 11.7. The van der Waals surface area contributed by atoms with Crippen molar-refractivity contribution in [3.05, 3.63) is 23.3 Å². The Labute approximate surface area is 128 Å². The molecule has 20 heavy (non-hydrogen) atoms. The fourth-order valence-electron chi connectivity index (χ4n) is 3.65. The zero-order valence-corrected chi connectivity index (χ0v) is 13.0. The molecule has 0 amide bonds. The number of hydrogen-bond acceptors (Lipinski definition) is 2. The summed E-state index contributed by atoms with van der Waals surface area (Å²) < 4.78 is 0. The molecule has 0 heterocycles. The minimum Gasteiger partial charge on any atom is -0.506 e. The largest absolute Gasteiger partial charge is 0.506 e. The number of aromatic hydroxyl groups is 1. The lowest BCUT2D eigenvalue weighted by atomic mass is 9.88. The molecule has 2 nitrogen and oxygen atoms in total. The molecule has 2 aliphatic rings. The van der Waals surface area contributed by atoms with Gasteiger partial charge in [0.25, 0.3) is 0 Å². The van der Waals surface area contributed by atoms with E-state index in [1.54, 1.807) is 0 Å². The molecule has 0 saturated heterocycles. The van der Waals surface area contributed by atoms with Crippen molar-refractivity contribution in [2.24, 2.45) is 5.92 Å². The molecule has 112 valence electrons. The normalized spacial score (nSPS) is 19.0. The summed E-state index contributed by atoms with van der Waals surface area (Å²) in [5.74, 6) is 1.24. The third kappa shape index (κ3) is 3.41.